The highest BCUT2D eigenvalue weighted by Crippen LogP contribution is 2.57. The lowest BCUT2D eigenvalue weighted by molar-refractivity contribution is 1.20. The van der Waals surface area contributed by atoms with Gasteiger partial charge in [-0.25, -0.2) is 0 Å². The van der Waals surface area contributed by atoms with E-state index in [1.165, 1.54) is 111 Å². The third kappa shape index (κ3) is 4.77. The Labute approximate surface area is 309 Å². The number of aryl methyl sites for hydroxylation is 8. The number of anilines is 6. The molecule has 0 N–H and O–H groups in total. The largest absolute Gasteiger partial charge is 0.309 e. The monoisotopic (exact) mass is 676 g/mol. The Hall–Kier alpha value is -5.60. The zero-order valence-corrected chi connectivity index (χ0v) is 32.3. The van der Waals surface area contributed by atoms with Crippen LogP contribution in [0, 0.1) is 69.2 Å². The predicted molar refractivity (Wildman–Crippen MR) is 227 cm³/mol. The zero-order chi connectivity index (χ0) is 36.6. The summed E-state index contributed by atoms with van der Waals surface area (Å²) in [6, 6.07) is 39.6. The van der Waals surface area contributed by atoms with Gasteiger partial charge in [-0.1, -0.05) is 72.8 Å². The molecule has 8 aromatic carbocycles. The van der Waals surface area contributed by atoms with E-state index in [4.69, 9.17) is 0 Å². The summed E-state index contributed by atoms with van der Waals surface area (Å²) in [7, 11) is 0. The third-order valence-corrected chi connectivity index (χ3v) is 12.1. The van der Waals surface area contributed by atoms with Crippen LogP contribution in [-0.2, 0) is 0 Å². The van der Waals surface area contributed by atoms with Crippen molar-refractivity contribution in [1.29, 1.82) is 0 Å². The molecular weight excluding hydrogens is 629 g/mol. The smallest absolute Gasteiger partial charge is 0.0593 e. The average Bonchev–Trinajstić information content (AvgIpc) is 3.15. The molecule has 52 heavy (non-hydrogen) atoms. The molecule has 0 atom stereocenters. The van der Waals surface area contributed by atoms with E-state index in [1.54, 1.807) is 0 Å². The van der Waals surface area contributed by atoms with Gasteiger partial charge in [0.1, 0.15) is 0 Å². The fraction of sp³-hybridized carbons (Fsp3) is 0.200. The van der Waals surface area contributed by atoms with Gasteiger partial charge in [-0.15, -0.1) is 0 Å². The van der Waals surface area contributed by atoms with Crippen LogP contribution in [0.5, 0.6) is 0 Å². The maximum Gasteiger partial charge on any atom is 0.0593 e. The second-order valence-corrected chi connectivity index (χ2v) is 14.9. The maximum absolute atomic E-state index is 2.54. The molecule has 2 nitrogen and oxygen atoms in total. The molecule has 0 saturated carbocycles. The topological polar surface area (TPSA) is 6.48 Å². The molecular formula is C50H48N2. The number of benzene rings is 8. The number of hydrogen-bond acceptors (Lipinski definition) is 2. The fourth-order valence-electron chi connectivity index (χ4n) is 9.04. The molecule has 0 bridgehead atoms. The standard InChI is InChI=1S/C50H48N2/c1-29-21-17-19-27-41(29)51(39-23-13-11-14-24-39)49-38(10)50(52(40-25-15-12-16-26-40)42-28-20-18-22-30(42)2)46-37(9)35(7)44-33(5)31(3)32(4)43-34(6)36(8)45(49)48(46)47(43)44/h11-28H,1-10H3. The Bertz CT molecular complexity index is 2490. The quantitative estimate of drug-likeness (QED) is 0.162. The first kappa shape index (κ1) is 33.5. The minimum Gasteiger partial charge on any atom is -0.309 e. The van der Waals surface area contributed by atoms with Crippen LogP contribution in [0.2, 0.25) is 0 Å². The van der Waals surface area contributed by atoms with Gasteiger partial charge in [0.2, 0.25) is 0 Å². The first-order valence-corrected chi connectivity index (χ1v) is 18.6. The molecule has 0 aliphatic rings. The summed E-state index contributed by atoms with van der Waals surface area (Å²) in [5, 5.41) is 8.24. The Morgan fingerprint density at radius 2 is 0.577 bits per heavy atom. The van der Waals surface area contributed by atoms with Crippen molar-refractivity contribution in [2.45, 2.75) is 69.2 Å². The van der Waals surface area contributed by atoms with Gasteiger partial charge in [0.05, 0.1) is 11.4 Å². The van der Waals surface area contributed by atoms with Gasteiger partial charge in [-0.2, -0.15) is 0 Å². The fourth-order valence-corrected chi connectivity index (χ4v) is 9.04. The summed E-state index contributed by atoms with van der Waals surface area (Å²) in [6.07, 6.45) is 0. The number of nitrogens with zero attached hydrogens (tertiary/aromatic N) is 2. The number of para-hydroxylation sites is 4. The van der Waals surface area contributed by atoms with E-state index >= 15 is 0 Å². The summed E-state index contributed by atoms with van der Waals surface area (Å²) in [6.45, 7) is 23.3. The molecule has 8 aromatic rings. The molecule has 0 saturated heterocycles. The summed E-state index contributed by atoms with van der Waals surface area (Å²) >= 11 is 0. The molecule has 0 heterocycles. The van der Waals surface area contributed by atoms with Crippen LogP contribution in [0.3, 0.4) is 0 Å². The van der Waals surface area contributed by atoms with E-state index in [9.17, 15) is 0 Å². The van der Waals surface area contributed by atoms with Crippen molar-refractivity contribution in [3.63, 3.8) is 0 Å². The summed E-state index contributed by atoms with van der Waals surface area (Å²) in [5.41, 5.74) is 20.5. The van der Waals surface area contributed by atoms with Crippen LogP contribution < -0.4 is 9.80 Å². The SMILES string of the molecule is Cc1ccccc1N(c1ccccc1)c1c(C)c(N(c2ccccc2)c2ccccc2C)c2c(C)c(C)c3c(C)c(C)c(C)c4c(C)c(C)c1c2c43. The van der Waals surface area contributed by atoms with E-state index in [0.717, 1.165) is 11.4 Å². The van der Waals surface area contributed by atoms with E-state index < -0.39 is 0 Å². The van der Waals surface area contributed by atoms with Gasteiger partial charge in [0.15, 0.2) is 0 Å². The molecule has 2 heteroatoms. The van der Waals surface area contributed by atoms with Crippen LogP contribution in [0.15, 0.2) is 109 Å². The predicted octanol–water partition coefficient (Wildman–Crippen LogP) is 14.6. The summed E-state index contributed by atoms with van der Waals surface area (Å²) in [4.78, 5) is 5.08. The molecule has 0 amide bonds. The molecule has 0 spiro atoms. The molecule has 0 unspecified atom stereocenters. The Morgan fingerprint density at radius 1 is 0.269 bits per heavy atom. The van der Waals surface area contributed by atoms with Crippen molar-refractivity contribution in [2.75, 3.05) is 9.80 Å². The lowest BCUT2D eigenvalue weighted by Crippen LogP contribution is -2.19. The average molecular weight is 677 g/mol. The van der Waals surface area contributed by atoms with Gasteiger partial charge >= 0.3 is 0 Å². The number of rotatable bonds is 6. The van der Waals surface area contributed by atoms with Crippen molar-refractivity contribution in [2.24, 2.45) is 0 Å². The van der Waals surface area contributed by atoms with Gasteiger partial charge in [0.25, 0.3) is 0 Å². The molecule has 0 aliphatic heterocycles. The lowest BCUT2D eigenvalue weighted by atomic mass is 9.78. The van der Waals surface area contributed by atoms with Gasteiger partial charge in [-0.05, 0) is 177 Å². The molecule has 258 valence electrons. The first-order valence-electron chi connectivity index (χ1n) is 18.6. The summed E-state index contributed by atoms with van der Waals surface area (Å²) < 4.78 is 0. The van der Waals surface area contributed by atoms with Crippen LogP contribution in [0.1, 0.15) is 55.6 Å². The maximum atomic E-state index is 2.54. The molecule has 0 aliphatic carbocycles. The van der Waals surface area contributed by atoms with Crippen molar-refractivity contribution in [3.8, 4) is 0 Å². The minimum absolute atomic E-state index is 1.15. The Balaban J connectivity index is 1.72. The van der Waals surface area contributed by atoms with Gasteiger partial charge in [-0.3, -0.25) is 0 Å². The summed E-state index contributed by atoms with van der Waals surface area (Å²) in [5.74, 6) is 0. The second-order valence-electron chi connectivity index (χ2n) is 14.9. The molecule has 0 aromatic heterocycles. The van der Waals surface area contributed by atoms with Crippen molar-refractivity contribution < 1.29 is 0 Å². The van der Waals surface area contributed by atoms with Crippen LogP contribution in [0.25, 0.3) is 32.3 Å². The molecule has 0 fully saturated rings. The third-order valence-electron chi connectivity index (χ3n) is 12.1. The van der Waals surface area contributed by atoms with Crippen LogP contribution >= 0.6 is 0 Å². The zero-order valence-electron chi connectivity index (χ0n) is 32.3. The normalized spacial score (nSPS) is 11.7. The molecule has 0 radical (unpaired) electrons. The van der Waals surface area contributed by atoms with Crippen molar-refractivity contribution in [1.82, 2.24) is 0 Å². The lowest BCUT2D eigenvalue weighted by Gasteiger charge is -2.37. The van der Waals surface area contributed by atoms with Gasteiger partial charge in [0, 0.05) is 38.9 Å². The number of hydrogen-bond donors (Lipinski definition) is 0. The first-order chi connectivity index (χ1) is 25.0. The highest BCUT2D eigenvalue weighted by atomic mass is 15.2. The van der Waals surface area contributed by atoms with Crippen molar-refractivity contribution >= 4 is 66.4 Å². The Morgan fingerprint density at radius 3 is 0.962 bits per heavy atom. The van der Waals surface area contributed by atoms with E-state index in [-0.39, 0.29) is 0 Å². The van der Waals surface area contributed by atoms with Crippen molar-refractivity contribution in [3.05, 3.63) is 165 Å². The second kappa shape index (κ2) is 12.6. The van der Waals surface area contributed by atoms with Crippen LogP contribution in [-0.4, -0.2) is 0 Å². The van der Waals surface area contributed by atoms with Gasteiger partial charge < -0.3 is 9.80 Å². The highest BCUT2D eigenvalue weighted by molar-refractivity contribution is 6.33. The highest BCUT2D eigenvalue weighted by Gasteiger charge is 2.32. The molecule has 8 rings (SSSR count). The Kier molecular flexibility index (Phi) is 8.10. The van der Waals surface area contributed by atoms with Crippen LogP contribution in [0.4, 0.5) is 34.1 Å². The van der Waals surface area contributed by atoms with E-state index in [1.807, 2.05) is 0 Å². The van der Waals surface area contributed by atoms with E-state index in [0.29, 0.717) is 0 Å². The minimum atomic E-state index is 1.15. The van der Waals surface area contributed by atoms with E-state index in [2.05, 4.69) is 188 Å².